The van der Waals surface area contributed by atoms with Crippen molar-refractivity contribution in [1.82, 2.24) is 20.4 Å². The maximum atomic E-state index is 15.3. The fraction of sp³-hybridized carbons (Fsp3) is 0.484. The minimum absolute atomic E-state index is 0.0311. The molecule has 3 aromatic rings. The van der Waals surface area contributed by atoms with E-state index in [2.05, 4.69) is 31.8 Å². The molecule has 1 atom stereocenters. The predicted octanol–water partition coefficient (Wildman–Crippen LogP) is 5.22. The van der Waals surface area contributed by atoms with Gasteiger partial charge in [0.25, 0.3) is 5.92 Å². The molecule has 4 aliphatic rings. The van der Waals surface area contributed by atoms with Crippen LogP contribution in [-0.2, 0) is 22.6 Å². The number of carbonyl (C=O) groups is 1. The van der Waals surface area contributed by atoms with Gasteiger partial charge in [0, 0.05) is 42.4 Å². The van der Waals surface area contributed by atoms with Gasteiger partial charge in [-0.1, -0.05) is 24.3 Å². The summed E-state index contributed by atoms with van der Waals surface area (Å²) in [5.74, 6) is -2.20. The Bertz CT molecular complexity index is 1470. The van der Waals surface area contributed by atoms with Crippen molar-refractivity contribution >= 4 is 22.5 Å². The highest BCUT2D eigenvalue weighted by molar-refractivity contribution is 5.96. The van der Waals surface area contributed by atoms with Crippen LogP contribution in [0.5, 0.6) is 0 Å². The SMILES string of the molecule is C[C@H]1Nc2nncc3c(cc(C4(C#N)CC4)cc23)CC(=O)NCCCN2CC(CCC(F)(F)c3cccc1c3)C2. The number of nitrogens with zero attached hydrogens (tertiary/aromatic N) is 4. The van der Waals surface area contributed by atoms with Gasteiger partial charge in [0.2, 0.25) is 5.91 Å². The first-order valence-electron chi connectivity index (χ1n) is 14.2. The summed E-state index contributed by atoms with van der Waals surface area (Å²) in [4.78, 5) is 15.2. The normalized spacial score (nSPS) is 25.9. The van der Waals surface area contributed by atoms with Crippen molar-refractivity contribution in [3.8, 4) is 6.07 Å². The zero-order chi connectivity index (χ0) is 27.9. The van der Waals surface area contributed by atoms with Gasteiger partial charge in [0.1, 0.15) is 0 Å². The van der Waals surface area contributed by atoms with E-state index >= 15 is 8.78 Å². The molecule has 8 bridgehead atoms. The molecule has 1 saturated carbocycles. The Morgan fingerprint density at radius 1 is 1.10 bits per heavy atom. The van der Waals surface area contributed by atoms with Crippen LogP contribution in [0.25, 0.3) is 10.8 Å². The van der Waals surface area contributed by atoms with Gasteiger partial charge in [-0.05, 0) is 73.9 Å². The number of aromatic nitrogens is 2. The van der Waals surface area contributed by atoms with E-state index in [0.29, 0.717) is 18.8 Å². The predicted molar refractivity (Wildman–Crippen MR) is 149 cm³/mol. The molecule has 1 saturated heterocycles. The lowest BCUT2D eigenvalue weighted by molar-refractivity contribution is -0.120. The summed E-state index contributed by atoms with van der Waals surface area (Å²) in [5, 5.41) is 26.4. The summed E-state index contributed by atoms with van der Waals surface area (Å²) < 4.78 is 30.5. The number of carbonyl (C=O) groups excluding carboxylic acids is 1. The number of hydrogen-bond donors (Lipinski definition) is 2. The average Bonchev–Trinajstić information content (AvgIpc) is 3.73. The van der Waals surface area contributed by atoms with Crippen molar-refractivity contribution in [2.45, 2.75) is 62.8 Å². The number of hydrogen-bond acceptors (Lipinski definition) is 6. The van der Waals surface area contributed by atoms with Crippen molar-refractivity contribution < 1.29 is 13.6 Å². The van der Waals surface area contributed by atoms with Crippen molar-refractivity contribution in [3.05, 3.63) is 64.8 Å². The molecule has 0 unspecified atom stereocenters. The van der Waals surface area contributed by atoms with Gasteiger partial charge in [-0.15, -0.1) is 5.10 Å². The van der Waals surface area contributed by atoms with Gasteiger partial charge >= 0.3 is 0 Å². The van der Waals surface area contributed by atoms with E-state index in [0.717, 1.165) is 66.4 Å². The van der Waals surface area contributed by atoms with E-state index in [-0.39, 0.29) is 36.3 Å². The number of alkyl halides is 2. The fourth-order valence-corrected chi connectivity index (χ4v) is 6.04. The van der Waals surface area contributed by atoms with Gasteiger partial charge in [-0.25, -0.2) is 8.78 Å². The van der Waals surface area contributed by atoms with E-state index in [9.17, 15) is 10.1 Å². The molecule has 0 radical (unpaired) electrons. The molecular weight excluding hydrogens is 510 g/mol. The van der Waals surface area contributed by atoms with Gasteiger partial charge in [0.15, 0.2) is 5.82 Å². The Morgan fingerprint density at radius 2 is 1.93 bits per heavy atom. The third-order valence-corrected chi connectivity index (χ3v) is 8.77. The molecule has 7 nitrogen and oxygen atoms in total. The number of anilines is 1. The van der Waals surface area contributed by atoms with Gasteiger partial charge < -0.3 is 15.5 Å². The summed E-state index contributed by atoms with van der Waals surface area (Å²) >= 11 is 0. The largest absolute Gasteiger partial charge is 0.362 e. The van der Waals surface area contributed by atoms with E-state index in [1.807, 2.05) is 25.1 Å². The Hall–Kier alpha value is -3.64. The molecule has 4 heterocycles. The summed E-state index contributed by atoms with van der Waals surface area (Å²) in [6, 6.07) is 12.7. The Kier molecular flexibility index (Phi) is 6.91. The topological polar surface area (TPSA) is 93.9 Å². The highest BCUT2D eigenvalue weighted by atomic mass is 19.3. The first kappa shape index (κ1) is 26.6. The third kappa shape index (κ3) is 5.25. The van der Waals surface area contributed by atoms with Gasteiger partial charge in [0.05, 0.1) is 30.1 Å². The molecule has 2 aromatic carbocycles. The van der Waals surface area contributed by atoms with Crippen LogP contribution in [0.3, 0.4) is 0 Å². The lowest BCUT2D eigenvalue weighted by Crippen LogP contribution is -2.47. The second-order valence-corrected chi connectivity index (χ2v) is 11.7. The van der Waals surface area contributed by atoms with Crippen molar-refractivity contribution in [2.75, 3.05) is 31.5 Å². The summed E-state index contributed by atoms with van der Waals surface area (Å²) in [6.07, 6.45) is 4.49. The van der Waals surface area contributed by atoms with Crippen LogP contribution in [0.2, 0.25) is 0 Å². The second kappa shape index (κ2) is 10.4. The number of nitrogens with one attached hydrogen (secondary N) is 2. The van der Waals surface area contributed by atoms with Crippen LogP contribution < -0.4 is 10.6 Å². The lowest BCUT2D eigenvalue weighted by Gasteiger charge is -2.40. The molecule has 208 valence electrons. The quantitative estimate of drug-likeness (QED) is 0.436. The number of rotatable bonds is 1. The monoisotopic (exact) mass is 544 g/mol. The summed E-state index contributed by atoms with van der Waals surface area (Å²) in [5.41, 5.74) is 1.88. The van der Waals surface area contributed by atoms with E-state index in [1.165, 1.54) is 6.07 Å². The molecule has 1 aliphatic carbocycles. The fourth-order valence-electron chi connectivity index (χ4n) is 6.04. The van der Waals surface area contributed by atoms with Crippen molar-refractivity contribution in [1.29, 1.82) is 5.26 Å². The van der Waals surface area contributed by atoms with Crippen molar-refractivity contribution in [3.63, 3.8) is 0 Å². The number of benzene rings is 2. The first-order valence-corrected chi connectivity index (χ1v) is 14.2. The zero-order valence-corrected chi connectivity index (χ0v) is 22.7. The molecule has 0 spiro atoms. The number of fused-ring (bicyclic) bond motifs is 8. The molecule has 2 fully saturated rings. The minimum Gasteiger partial charge on any atom is -0.362 e. The van der Waals surface area contributed by atoms with Crippen LogP contribution in [-0.4, -0.2) is 47.2 Å². The average molecular weight is 545 g/mol. The molecule has 9 heteroatoms. The molecule has 40 heavy (non-hydrogen) atoms. The van der Waals surface area contributed by atoms with E-state index in [4.69, 9.17) is 0 Å². The number of halogens is 2. The maximum Gasteiger partial charge on any atom is 0.273 e. The molecule has 7 rings (SSSR count). The molecular formula is C31H34F2N6O. The highest BCUT2D eigenvalue weighted by Gasteiger charge is 2.45. The van der Waals surface area contributed by atoms with Gasteiger partial charge in [-0.2, -0.15) is 10.4 Å². The van der Waals surface area contributed by atoms with Crippen LogP contribution in [0.1, 0.15) is 67.3 Å². The van der Waals surface area contributed by atoms with Crippen molar-refractivity contribution in [2.24, 2.45) is 5.92 Å². The smallest absolute Gasteiger partial charge is 0.273 e. The zero-order valence-electron chi connectivity index (χ0n) is 22.7. The minimum atomic E-state index is -2.90. The van der Waals surface area contributed by atoms with Crippen LogP contribution in [0.4, 0.5) is 14.6 Å². The maximum absolute atomic E-state index is 15.3. The first-order chi connectivity index (χ1) is 19.3. The molecule has 1 amide bonds. The van der Waals surface area contributed by atoms with E-state index < -0.39 is 11.3 Å². The highest BCUT2D eigenvalue weighted by Crippen LogP contribution is 2.49. The van der Waals surface area contributed by atoms with Crippen LogP contribution in [0, 0.1) is 17.2 Å². The number of amides is 1. The Morgan fingerprint density at radius 3 is 2.70 bits per heavy atom. The number of nitriles is 1. The van der Waals surface area contributed by atoms with E-state index in [1.54, 1.807) is 18.3 Å². The summed E-state index contributed by atoms with van der Waals surface area (Å²) in [7, 11) is 0. The van der Waals surface area contributed by atoms with Crippen LogP contribution in [0.15, 0.2) is 42.6 Å². The molecule has 1 aromatic heterocycles. The van der Waals surface area contributed by atoms with Crippen LogP contribution >= 0.6 is 0 Å². The standard InChI is InChI=1S/C31H34F2N6O/c1-20-22-4-2-5-24(12-22)31(32,33)7-6-21-17-39(18-21)11-3-10-35-28(40)14-23-13-25(30(19-34)8-9-30)15-26-27(23)16-36-38-29(26)37-20/h2,4-5,12-13,15-16,20-21H,3,6-11,14,17-18H2,1H3,(H,35,40)(H,37,38)/t20-/m1/s1. The Labute approximate surface area is 233 Å². The Balaban J connectivity index is 1.38. The third-order valence-electron chi connectivity index (χ3n) is 8.77. The summed E-state index contributed by atoms with van der Waals surface area (Å²) in [6.45, 7) is 4.95. The lowest BCUT2D eigenvalue weighted by atomic mass is 9.90. The second-order valence-electron chi connectivity index (χ2n) is 11.7. The van der Waals surface area contributed by atoms with Gasteiger partial charge in [-0.3, -0.25) is 4.79 Å². The molecule has 3 aliphatic heterocycles. The molecule has 2 N–H and O–H groups in total.